The molecule has 8 nitrogen and oxygen atoms in total. The van der Waals surface area contributed by atoms with Gasteiger partial charge in [-0.05, 0) is 34.1 Å². The molecule has 9 heteroatoms. The van der Waals surface area contributed by atoms with E-state index in [0.717, 1.165) is 0 Å². The van der Waals surface area contributed by atoms with E-state index in [1.165, 1.54) is 24.3 Å². The first-order valence-corrected chi connectivity index (χ1v) is 6.57. The van der Waals surface area contributed by atoms with E-state index in [0.29, 0.717) is 16.0 Å². The molecule has 1 aromatic heterocycles. The first kappa shape index (κ1) is 14.9. The number of rotatable bonds is 4. The SMILES string of the molecule is CNc1ccc(C(=O)Nc2ccc([N+](=O)[O-])cc2Br)nn1. The van der Waals surface area contributed by atoms with Crippen LogP contribution in [0.25, 0.3) is 0 Å². The molecule has 0 saturated heterocycles. The van der Waals surface area contributed by atoms with Gasteiger partial charge in [-0.1, -0.05) is 0 Å². The van der Waals surface area contributed by atoms with Crippen LogP contribution in [0.3, 0.4) is 0 Å². The smallest absolute Gasteiger partial charge is 0.276 e. The minimum atomic E-state index is -0.516. The van der Waals surface area contributed by atoms with Crippen molar-refractivity contribution in [1.82, 2.24) is 10.2 Å². The summed E-state index contributed by atoms with van der Waals surface area (Å²) in [6.45, 7) is 0. The van der Waals surface area contributed by atoms with Crippen molar-refractivity contribution in [2.45, 2.75) is 0 Å². The predicted molar refractivity (Wildman–Crippen MR) is 80.3 cm³/mol. The number of aromatic nitrogens is 2. The van der Waals surface area contributed by atoms with Crippen LogP contribution in [0.15, 0.2) is 34.8 Å². The van der Waals surface area contributed by atoms with E-state index in [1.807, 2.05) is 0 Å². The fourth-order valence-electron chi connectivity index (χ4n) is 1.49. The van der Waals surface area contributed by atoms with E-state index in [4.69, 9.17) is 0 Å². The zero-order valence-electron chi connectivity index (χ0n) is 10.8. The highest BCUT2D eigenvalue weighted by Gasteiger charge is 2.13. The number of nitrogens with one attached hydrogen (secondary N) is 2. The van der Waals surface area contributed by atoms with Crippen molar-refractivity contribution in [1.29, 1.82) is 0 Å². The number of hydrogen-bond donors (Lipinski definition) is 2. The van der Waals surface area contributed by atoms with Gasteiger partial charge in [0, 0.05) is 23.7 Å². The summed E-state index contributed by atoms with van der Waals surface area (Å²) in [5, 5.41) is 23.6. The Labute approximate surface area is 127 Å². The molecule has 108 valence electrons. The summed E-state index contributed by atoms with van der Waals surface area (Å²) in [6.07, 6.45) is 0. The monoisotopic (exact) mass is 351 g/mol. The van der Waals surface area contributed by atoms with Crippen LogP contribution in [0.4, 0.5) is 17.2 Å². The third-order valence-electron chi connectivity index (χ3n) is 2.57. The average Bonchev–Trinajstić information content (AvgIpc) is 2.49. The van der Waals surface area contributed by atoms with Gasteiger partial charge in [0.2, 0.25) is 0 Å². The second kappa shape index (κ2) is 6.27. The highest BCUT2D eigenvalue weighted by Crippen LogP contribution is 2.27. The molecule has 1 heterocycles. The van der Waals surface area contributed by atoms with E-state index in [2.05, 4.69) is 36.8 Å². The molecule has 0 bridgehead atoms. The van der Waals surface area contributed by atoms with Crippen LogP contribution in [-0.2, 0) is 0 Å². The van der Waals surface area contributed by atoms with Crippen molar-refractivity contribution in [3.05, 3.63) is 50.6 Å². The van der Waals surface area contributed by atoms with Gasteiger partial charge < -0.3 is 10.6 Å². The lowest BCUT2D eigenvalue weighted by Gasteiger charge is -2.06. The van der Waals surface area contributed by atoms with Gasteiger partial charge in [0.05, 0.1) is 10.6 Å². The van der Waals surface area contributed by atoms with Crippen LogP contribution in [-0.4, -0.2) is 28.1 Å². The van der Waals surface area contributed by atoms with E-state index < -0.39 is 10.8 Å². The van der Waals surface area contributed by atoms with Gasteiger partial charge in [-0.25, -0.2) is 0 Å². The first-order valence-electron chi connectivity index (χ1n) is 5.78. The van der Waals surface area contributed by atoms with Crippen molar-refractivity contribution in [2.24, 2.45) is 0 Å². The molecule has 0 atom stereocenters. The molecule has 0 spiro atoms. The number of nitro benzene ring substituents is 1. The van der Waals surface area contributed by atoms with Crippen molar-refractivity contribution in [2.75, 3.05) is 17.7 Å². The zero-order chi connectivity index (χ0) is 15.4. The molecule has 0 aliphatic heterocycles. The summed E-state index contributed by atoms with van der Waals surface area (Å²) in [4.78, 5) is 22.1. The number of carbonyl (C=O) groups is 1. The Morgan fingerprint density at radius 1 is 1.29 bits per heavy atom. The summed E-state index contributed by atoms with van der Waals surface area (Å²) in [5.41, 5.74) is 0.474. The van der Waals surface area contributed by atoms with Gasteiger partial charge >= 0.3 is 0 Å². The Bertz CT molecular complexity index is 690. The van der Waals surface area contributed by atoms with Crippen LogP contribution in [0.1, 0.15) is 10.5 Å². The molecule has 2 N–H and O–H groups in total. The number of anilines is 2. The fraction of sp³-hybridized carbons (Fsp3) is 0.0833. The number of hydrogen-bond acceptors (Lipinski definition) is 6. The molecule has 2 rings (SSSR count). The molecule has 0 aliphatic carbocycles. The van der Waals surface area contributed by atoms with E-state index in [1.54, 1.807) is 13.1 Å². The van der Waals surface area contributed by atoms with Gasteiger partial charge in [0.25, 0.3) is 11.6 Å². The average molecular weight is 352 g/mol. The number of carbonyl (C=O) groups excluding carboxylic acids is 1. The van der Waals surface area contributed by atoms with E-state index >= 15 is 0 Å². The number of nitro groups is 1. The maximum Gasteiger partial charge on any atom is 0.276 e. The Morgan fingerprint density at radius 2 is 2.05 bits per heavy atom. The first-order chi connectivity index (χ1) is 10.0. The number of nitrogens with zero attached hydrogens (tertiary/aromatic N) is 3. The summed E-state index contributed by atoms with van der Waals surface area (Å²) in [6, 6.07) is 7.19. The van der Waals surface area contributed by atoms with Crippen LogP contribution in [0.2, 0.25) is 0 Å². The zero-order valence-corrected chi connectivity index (χ0v) is 12.4. The molecule has 21 heavy (non-hydrogen) atoms. The van der Waals surface area contributed by atoms with Crippen molar-refractivity contribution >= 4 is 39.0 Å². The molecule has 0 aliphatic rings. The fourth-order valence-corrected chi connectivity index (χ4v) is 1.96. The molecule has 0 saturated carbocycles. The largest absolute Gasteiger partial charge is 0.372 e. The Balaban J connectivity index is 2.17. The third-order valence-corrected chi connectivity index (χ3v) is 3.22. The lowest BCUT2D eigenvalue weighted by atomic mass is 10.2. The highest BCUT2D eigenvalue weighted by molar-refractivity contribution is 9.10. The Kier molecular flexibility index (Phi) is 4.43. The van der Waals surface area contributed by atoms with E-state index in [-0.39, 0.29) is 11.4 Å². The lowest BCUT2D eigenvalue weighted by Crippen LogP contribution is -2.15. The maximum atomic E-state index is 12.0. The minimum absolute atomic E-state index is 0.0713. The molecule has 0 fully saturated rings. The van der Waals surface area contributed by atoms with Gasteiger partial charge in [-0.2, -0.15) is 0 Å². The van der Waals surface area contributed by atoms with Gasteiger partial charge in [-0.3, -0.25) is 14.9 Å². The van der Waals surface area contributed by atoms with Crippen LogP contribution < -0.4 is 10.6 Å². The van der Waals surface area contributed by atoms with Crippen LogP contribution in [0.5, 0.6) is 0 Å². The molecule has 2 aromatic rings. The number of benzene rings is 1. The Morgan fingerprint density at radius 3 is 2.57 bits per heavy atom. The summed E-state index contributed by atoms with van der Waals surface area (Å²) in [7, 11) is 1.69. The van der Waals surface area contributed by atoms with Crippen molar-refractivity contribution in [3.8, 4) is 0 Å². The van der Waals surface area contributed by atoms with Crippen LogP contribution in [0, 0.1) is 10.1 Å². The van der Waals surface area contributed by atoms with Crippen LogP contribution >= 0.6 is 15.9 Å². The maximum absolute atomic E-state index is 12.0. The quantitative estimate of drug-likeness (QED) is 0.646. The molecule has 1 aromatic carbocycles. The topological polar surface area (TPSA) is 110 Å². The molecule has 0 unspecified atom stereocenters. The van der Waals surface area contributed by atoms with Crippen molar-refractivity contribution < 1.29 is 9.72 Å². The molecule has 1 amide bonds. The summed E-state index contributed by atoms with van der Waals surface area (Å²) < 4.78 is 0.407. The summed E-state index contributed by atoms with van der Waals surface area (Å²) >= 11 is 3.17. The van der Waals surface area contributed by atoms with Crippen molar-refractivity contribution in [3.63, 3.8) is 0 Å². The molecule has 0 radical (unpaired) electrons. The molecular formula is C12H10BrN5O3. The second-order valence-corrected chi connectivity index (χ2v) is 4.78. The molecular weight excluding hydrogens is 342 g/mol. The highest BCUT2D eigenvalue weighted by atomic mass is 79.9. The second-order valence-electron chi connectivity index (χ2n) is 3.93. The predicted octanol–water partition coefficient (Wildman–Crippen LogP) is 2.44. The lowest BCUT2D eigenvalue weighted by molar-refractivity contribution is -0.384. The normalized spacial score (nSPS) is 10.0. The van der Waals surface area contributed by atoms with Gasteiger partial charge in [-0.15, -0.1) is 10.2 Å². The number of amides is 1. The van der Waals surface area contributed by atoms with E-state index in [9.17, 15) is 14.9 Å². The number of non-ortho nitro benzene ring substituents is 1. The Hall–Kier alpha value is -2.55. The number of halogens is 1. The minimum Gasteiger partial charge on any atom is -0.372 e. The summed E-state index contributed by atoms with van der Waals surface area (Å²) in [5.74, 6) is 0.0859. The third kappa shape index (κ3) is 3.51. The van der Waals surface area contributed by atoms with Gasteiger partial charge in [0.1, 0.15) is 5.82 Å². The van der Waals surface area contributed by atoms with Gasteiger partial charge in [0.15, 0.2) is 5.69 Å². The standard InChI is InChI=1S/C12H10BrN5O3/c1-14-11-5-4-10(16-17-11)12(19)15-9-3-2-7(18(20)21)6-8(9)13/h2-6H,1H3,(H,14,17)(H,15,19).